The molecule has 22 rings (SSSR count). The topological polar surface area (TPSA) is 372 Å². The van der Waals surface area contributed by atoms with Gasteiger partial charge in [0.1, 0.15) is 122 Å². The molecular formula is C70H92F36O26S4. The third-order valence-corrected chi connectivity index (χ3v) is 26.9. The predicted octanol–water partition coefficient (Wildman–Crippen LogP) is 9.77. The second-order valence-corrected chi connectivity index (χ2v) is 36.8. The van der Waals surface area contributed by atoms with Crippen LogP contribution >= 0.6 is 47.0 Å². The summed E-state index contributed by atoms with van der Waals surface area (Å²) >= 11 is 1.57. The number of halogens is 36. The van der Waals surface area contributed by atoms with Gasteiger partial charge in [-0.3, -0.25) is 0 Å². The Hall–Kier alpha value is -2.16. The smallest absolute Gasteiger partial charge is 0.387 e. The van der Waals surface area contributed by atoms with Crippen molar-refractivity contribution >= 4 is 47.0 Å². The van der Waals surface area contributed by atoms with E-state index < -0.39 is 416 Å². The van der Waals surface area contributed by atoms with E-state index in [1.54, 1.807) is 0 Å². The zero-order chi connectivity index (χ0) is 104. The van der Waals surface area contributed by atoms with Crippen LogP contribution in [0.15, 0.2) is 0 Å². The minimum absolute atomic E-state index is 0.391. The second-order valence-electron chi connectivity index (χ2n) is 32.2. The lowest BCUT2D eigenvalue weighted by molar-refractivity contribution is -0.399. The number of rotatable bonds is 40. The molecule has 12 N–H and O–H groups in total. The maximum atomic E-state index is 14.6. The van der Waals surface area contributed by atoms with E-state index in [0.717, 1.165) is 14.2 Å². The molecule has 22 aliphatic rings. The number of alkyl halides is 36. The number of aliphatic hydroxyl groups excluding tert-OH is 12. The summed E-state index contributed by atoms with van der Waals surface area (Å²) in [5.41, 5.74) is 0. The molecule has 22 saturated heterocycles. The predicted molar refractivity (Wildman–Crippen MR) is 385 cm³/mol. The number of methoxy groups -OCH3 is 2. The number of aliphatic hydroxyl groups is 12. The van der Waals surface area contributed by atoms with E-state index in [-0.39, 0.29) is 0 Å². The molecule has 30 unspecified atom stereocenters. The average molecular weight is 2160 g/mol. The van der Waals surface area contributed by atoms with Gasteiger partial charge in [-0.25, -0.2) is 0 Å². The summed E-state index contributed by atoms with van der Waals surface area (Å²) in [6.07, 6.45) is -121. The molecule has 0 radical (unpaired) electrons. The van der Waals surface area contributed by atoms with E-state index >= 15 is 0 Å². The molecule has 0 saturated carbocycles. The number of hydrogen-bond acceptors (Lipinski definition) is 30. The summed E-state index contributed by atoms with van der Waals surface area (Å²) in [6, 6.07) is 0. The molecular weight excluding hydrogens is 2070 g/mol. The van der Waals surface area contributed by atoms with Crippen LogP contribution in [0.1, 0.15) is 77.0 Å². The van der Waals surface area contributed by atoms with Gasteiger partial charge < -0.3 is 128 Å². The Kier molecular flexibility index (Phi) is 40.9. The zero-order valence-corrected chi connectivity index (χ0v) is 72.5. The summed E-state index contributed by atoms with van der Waals surface area (Å²) in [4.78, 5) is 0. The molecule has 22 aliphatic heterocycles. The summed E-state index contributed by atoms with van der Waals surface area (Å²) < 4.78 is 578. The van der Waals surface area contributed by atoms with Gasteiger partial charge in [0.15, 0.2) is 37.7 Å². The normalized spacial score (nSPS) is 35.2. The number of unbranched alkanes of at least 4 members (excludes halogenated alkanes) is 4. The highest BCUT2D eigenvalue weighted by Gasteiger charge is 2.85. The Morgan fingerprint density at radius 2 is 0.346 bits per heavy atom. The molecule has 22 heterocycles. The van der Waals surface area contributed by atoms with E-state index in [2.05, 4.69) is 0 Å². The first-order valence-electron chi connectivity index (χ1n) is 40.1. The standard InChI is InChI=1S/C70H92F36O26S4/c1-119-19-25-43-31(107)37(113)49(121-25)129-45-27(21-133-15-7-3-11-55(71,72)59(79,80)63(87,88)67(95,96)97)125-53(41(117)35(45)111)132-48-30(24-136-18-10-6-14-58(77,78)62(85,86)66(93,94)70(104,105)106)124-52(40(116)34(48)110)128-44-26(20-120-2)122-50(38(114)32(44)108)130-46-28(22-134-16-8-4-12-56(73,74)60(81,82)64(89,90)68(98,99)100)126-54(42(118)36(46)112)131-47-29(123-51(127-43)39(115)33(47)109)23-135-17-9-5-13-57(75,76)61(83,84)65(91,92)69(101,102)103/h25-54,107-118H,3-24H2,1-2H3. The van der Waals surface area contributed by atoms with Crippen LogP contribution in [0.3, 0.4) is 0 Å². The van der Waals surface area contributed by atoms with Crippen molar-refractivity contribution in [3.63, 3.8) is 0 Å². The van der Waals surface area contributed by atoms with Crippen molar-refractivity contribution in [2.75, 3.05) is 73.5 Å². The van der Waals surface area contributed by atoms with Crippen LogP contribution in [-0.2, 0) is 66.3 Å². The Balaban J connectivity index is 1.29. The molecule has 0 aromatic heterocycles. The maximum absolute atomic E-state index is 14.6. The Bertz CT molecular complexity index is 3320. The maximum Gasteiger partial charge on any atom is 0.460 e. The summed E-state index contributed by atoms with van der Waals surface area (Å²) in [5, 5.41) is 144. The lowest BCUT2D eigenvalue weighted by atomic mass is 9.95. The SMILES string of the molecule is COCC1OC2OC3C(CSCCCCC(F)(F)C(F)(F)C(F)(F)C(F)(F)F)OC(OC4C(CSCCCCC(F)(F)C(F)(F)C(F)(F)C(F)(F)F)OC(OC5C(COC)OC(OC6C(CSCCCCC(F)(F)C(F)(F)C(F)(F)C(F)(F)F)OC(OC7C(CSCCCCC(F)(F)C(F)(F)C(F)(F)C(F)(F)F)OC(OC1C(O)C2O)C(O)C7O)C(O)C6O)C(O)C5O)C(O)C4O)C(O)C3O. The van der Waals surface area contributed by atoms with Crippen LogP contribution in [0.2, 0.25) is 0 Å². The summed E-state index contributed by atoms with van der Waals surface area (Å²) in [5.74, 6) is -88.3. The fourth-order valence-corrected chi connectivity index (χ4v) is 18.7. The minimum atomic E-state index is -7.32. The molecule has 22 fully saturated rings. The summed E-state index contributed by atoms with van der Waals surface area (Å²) in [6.45, 7) is -1.89. The largest absolute Gasteiger partial charge is 0.460 e. The molecule has 0 spiro atoms. The van der Waals surface area contributed by atoms with Gasteiger partial charge in [0.2, 0.25) is 0 Å². The van der Waals surface area contributed by atoms with Crippen LogP contribution in [-0.4, -0.2) is 415 Å². The van der Waals surface area contributed by atoms with Crippen molar-refractivity contribution in [3.05, 3.63) is 0 Å². The second kappa shape index (κ2) is 46.1. The first-order chi connectivity index (χ1) is 62.0. The quantitative estimate of drug-likeness (QED) is 0.0200. The fourth-order valence-electron chi connectivity index (χ4n) is 14.4. The lowest BCUT2D eigenvalue weighted by Crippen LogP contribution is -2.69. The van der Waals surface area contributed by atoms with Gasteiger partial charge in [0, 0.05) is 62.9 Å². The van der Waals surface area contributed by atoms with Crippen molar-refractivity contribution in [1.29, 1.82) is 0 Å². The number of thioether (sulfide) groups is 4. The van der Waals surface area contributed by atoms with Gasteiger partial charge in [-0.2, -0.15) is 205 Å². The first kappa shape index (κ1) is 121. The first-order valence-corrected chi connectivity index (χ1v) is 44.7. The van der Waals surface area contributed by atoms with E-state index in [4.69, 9.17) is 66.3 Å². The van der Waals surface area contributed by atoms with Crippen LogP contribution in [0.25, 0.3) is 0 Å². The molecule has 30 atom stereocenters. The third-order valence-electron chi connectivity index (χ3n) is 22.3. The minimum Gasteiger partial charge on any atom is -0.387 e. The Labute approximate surface area is 760 Å². The third kappa shape index (κ3) is 25.8. The highest BCUT2D eigenvalue weighted by Crippen LogP contribution is 2.60. The van der Waals surface area contributed by atoms with Gasteiger partial charge in [0.25, 0.3) is 0 Å². The van der Waals surface area contributed by atoms with Crippen LogP contribution in [0, 0.1) is 0 Å². The Morgan fingerprint density at radius 1 is 0.199 bits per heavy atom. The van der Waals surface area contributed by atoms with Crippen molar-refractivity contribution in [3.8, 4) is 0 Å². The molecule has 0 amide bonds. The van der Waals surface area contributed by atoms with Gasteiger partial charge in [-0.05, 0) is 74.4 Å². The van der Waals surface area contributed by atoms with E-state index in [1.807, 2.05) is 0 Å². The van der Waals surface area contributed by atoms with E-state index in [1.165, 1.54) is 0 Å². The molecule has 0 aromatic carbocycles. The zero-order valence-electron chi connectivity index (χ0n) is 69.2. The fraction of sp³-hybridized carbons (Fsp3) is 1.00. The summed E-state index contributed by atoms with van der Waals surface area (Å²) in [7, 11) is 1.76. The average Bonchev–Trinajstić information content (AvgIpc) is 0.750. The van der Waals surface area contributed by atoms with Gasteiger partial charge in [-0.15, -0.1) is 0 Å². The molecule has 804 valence electrons. The van der Waals surface area contributed by atoms with Gasteiger partial charge in [-0.1, -0.05) is 0 Å². The molecule has 12 bridgehead atoms. The molecule has 26 nitrogen and oxygen atoms in total. The molecule has 136 heavy (non-hydrogen) atoms. The van der Waals surface area contributed by atoms with Crippen LogP contribution in [0.4, 0.5) is 158 Å². The highest BCUT2D eigenvalue weighted by molar-refractivity contribution is 7.99. The molecule has 66 heteroatoms. The van der Waals surface area contributed by atoms with Crippen molar-refractivity contribution < 1.29 is 286 Å². The van der Waals surface area contributed by atoms with E-state index in [0.29, 0.717) is 47.0 Å². The van der Waals surface area contributed by atoms with Crippen molar-refractivity contribution in [1.82, 2.24) is 0 Å². The van der Waals surface area contributed by atoms with Gasteiger partial charge in [0.05, 0.1) is 37.6 Å². The van der Waals surface area contributed by atoms with Crippen LogP contribution in [0.5, 0.6) is 0 Å². The van der Waals surface area contributed by atoms with Crippen molar-refractivity contribution in [2.24, 2.45) is 0 Å². The van der Waals surface area contributed by atoms with Crippen molar-refractivity contribution in [2.45, 2.75) is 357 Å². The molecule has 0 aromatic rings. The lowest BCUT2D eigenvalue weighted by Gasteiger charge is -2.51. The van der Waals surface area contributed by atoms with Crippen LogP contribution < -0.4 is 0 Å². The van der Waals surface area contributed by atoms with E-state index in [9.17, 15) is 219 Å². The van der Waals surface area contributed by atoms with Gasteiger partial charge >= 0.3 is 95.8 Å². The number of ether oxygens (including phenoxy) is 14. The Morgan fingerprint density at radius 3 is 0.493 bits per heavy atom. The highest BCUT2D eigenvalue weighted by atomic mass is 32.2. The molecule has 0 aliphatic carbocycles. The number of hydrogen-bond donors (Lipinski definition) is 12. The monoisotopic (exact) mass is 2160 g/mol.